The van der Waals surface area contributed by atoms with Crippen LogP contribution in [0.3, 0.4) is 0 Å². The predicted octanol–water partition coefficient (Wildman–Crippen LogP) is 4.29. The molecule has 0 saturated carbocycles. The van der Waals surface area contributed by atoms with Crippen molar-refractivity contribution in [3.05, 3.63) is 12.7 Å². The summed E-state index contributed by atoms with van der Waals surface area (Å²) >= 11 is 0. The Balaban J connectivity index is 3.83. The largest absolute Gasteiger partial charge is 0.366 e. The van der Waals surface area contributed by atoms with Crippen molar-refractivity contribution in [3.63, 3.8) is 0 Å². The molecule has 21 heavy (non-hydrogen) atoms. The van der Waals surface area contributed by atoms with E-state index in [2.05, 4.69) is 13.5 Å². The SMILES string of the molecule is C=CC(CCCCCCCCC)OCC(OC)(OC)OC. The van der Waals surface area contributed by atoms with Gasteiger partial charge in [0, 0.05) is 21.3 Å². The molecule has 0 fully saturated rings. The van der Waals surface area contributed by atoms with E-state index < -0.39 is 5.97 Å². The molecule has 1 unspecified atom stereocenters. The molecule has 126 valence electrons. The molecule has 0 amide bonds. The summed E-state index contributed by atoms with van der Waals surface area (Å²) in [5.74, 6) is -1.12. The van der Waals surface area contributed by atoms with Crippen molar-refractivity contribution in [2.24, 2.45) is 0 Å². The number of methoxy groups -OCH3 is 3. The molecule has 0 aliphatic heterocycles. The Labute approximate surface area is 130 Å². The summed E-state index contributed by atoms with van der Waals surface area (Å²) < 4.78 is 21.4. The second kappa shape index (κ2) is 13.3. The van der Waals surface area contributed by atoms with Gasteiger partial charge >= 0.3 is 5.97 Å². The highest BCUT2D eigenvalue weighted by atomic mass is 16.9. The molecule has 0 radical (unpaired) electrons. The number of hydrogen-bond acceptors (Lipinski definition) is 4. The third-order valence-corrected chi connectivity index (χ3v) is 3.76. The molecule has 4 nitrogen and oxygen atoms in total. The van der Waals surface area contributed by atoms with Crippen molar-refractivity contribution in [3.8, 4) is 0 Å². The fourth-order valence-electron chi connectivity index (χ4n) is 2.21. The number of hydrogen-bond donors (Lipinski definition) is 0. The van der Waals surface area contributed by atoms with Crippen LogP contribution in [0, 0.1) is 0 Å². The second-order valence-electron chi connectivity index (χ2n) is 5.29. The first-order valence-electron chi connectivity index (χ1n) is 8.07. The lowest BCUT2D eigenvalue weighted by Crippen LogP contribution is -2.42. The lowest BCUT2D eigenvalue weighted by Gasteiger charge is -2.29. The summed E-state index contributed by atoms with van der Waals surface area (Å²) in [6, 6.07) is 0. The van der Waals surface area contributed by atoms with Crippen LogP contribution in [0.4, 0.5) is 0 Å². The Morgan fingerprint density at radius 2 is 1.43 bits per heavy atom. The van der Waals surface area contributed by atoms with Gasteiger partial charge in [-0.3, -0.25) is 0 Å². The van der Waals surface area contributed by atoms with E-state index in [0.29, 0.717) is 0 Å². The summed E-state index contributed by atoms with van der Waals surface area (Å²) in [6.45, 7) is 6.30. The zero-order chi connectivity index (χ0) is 16.0. The molecule has 1 atom stereocenters. The third kappa shape index (κ3) is 9.25. The molecule has 0 heterocycles. The van der Waals surface area contributed by atoms with Crippen molar-refractivity contribution in [1.29, 1.82) is 0 Å². The van der Waals surface area contributed by atoms with Gasteiger partial charge in [0.1, 0.15) is 6.61 Å². The van der Waals surface area contributed by atoms with E-state index in [1.165, 1.54) is 59.9 Å². The number of ether oxygens (including phenoxy) is 4. The molecule has 0 N–H and O–H groups in total. The number of unbranched alkanes of at least 4 members (excludes halogenated alkanes) is 6. The topological polar surface area (TPSA) is 36.9 Å². The van der Waals surface area contributed by atoms with Crippen LogP contribution in [-0.2, 0) is 18.9 Å². The van der Waals surface area contributed by atoms with Crippen molar-refractivity contribution >= 4 is 0 Å². The minimum absolute atomic E-state index is 0.0143. The van der Waals surface area contributed by atoms with Gasteiger partial charge in [-0.1, -0.05) is 57.9 Å². The first-order chi connectivity index (χ1) is 10.2. The summed E-state index contributed by atoms with van der Waals surface area (Å²) in [4.78, 5) is 0. The monoisotopic (exact) mass is 302 g/mol. The molecule has 0 spiro atoms. The van der Waals surface area contributed by atoms with E-state index in [1.54, 1.807) is 0 Å². The van der Waals surface area contributed by atoms with Gasteiger partial charge in [0.15, 0.2) is 0 Å². The number of rotatable bonds is 15. The molecule has 0 bridgehead atoms. The average molecular weight is 302 g/mol. The first-order valence-corrected chi connectivity index (χ1v) is 8.07. The zero-order valence-electron chi connectivity index (χ0n) is 14.4. The van der Waals surface area contributed by atoms with Crippen molar-refractivity contribution in [2.75, 3.05) is 27.9 Å². The molecular formula is C17H34O4. The van der Waals surface area contributed by atoms with Crippen LogP contribution >= 0.6 is 0 Å². The first kappa shape index (κ1) is 20.6. The van der Waals surface area contributed by atoms with E-state index in [0.717, 1.165) is 12.8 Å². The van der Waals surface area contributed by atoms with Crippen molar-refractivity contribution in [1.82, 2.24) is 0 Å². The molecule has 0 aliphatic rings. The molecular weight excluding hydrogens is 268 g/mol. The van der Waals surface area contributed by atoms with E-state index in [-0.39, 0.29) is 12.7 Å². The summed E-state index contributed by atoms with van der Waals surface area (Å²) in [5.41, 5.74) is 0. The summed E-state index contributed by atoms with van der Waals surface area (Å²) in [6.07, 6.45) is 11.9. The van der Waals surface area contributed by atoms with Crippen LogP contribution in [0.2, 0.25) is 0 Å². The highest BCUT2D eigenvalue weighted by Crippen LogP contribution is 2.16. The maximum absolute atomic E-state index is 5.78. The van der Waals surface area contributed by atoms with Crippen LogP contribution < -0.4 is 0 Å². The van der Waals surface area contributed by atoms with Crippen LogP contribution in [0.1, 0.15) is 58.3 Å². The zero-order valence-corrected chi connectivity index (χ0v) is 14.4. The van der Waals surface area contributed by atoms with E-state index >= 15 is 0 Å². The van der Waals surface area contributed by atoms with Gasteiger partial charge in [-0.15, -0.1) is 6.58 Å². The third-order valence-electron chi connectivity index (χ3n) is 3.76. The second-order valence-corrected chi connectivity index (χ2v) is 5.29. The van der Waals surface area contributed by atoms with E-state index in [1.807, 2.05) is 6.08 Å². The van der Waals surface area contributed by atoms with Gasteiger partial charge in [-0.25, -0.2) is 0 Å². The Morgan fingerprint density at radius 3 is 1.90 bits per heavy atom. The van der Waals surface area contributed by atoms with E-state index in [4.69, 9.17) is 18.9 Å². The van der Waals surface area contributed by atoms with Gasteiger partial charge in [-0.05, 0) is 6.42 Å². The Morgan fingerprint density at radius 1 is 0.905 bits per heavy atom. The summed E-state index contributed by atoms with van der Waals surface area (Å²) in [7, 11) is 4.61. The fourth-order valence-corrected chi connectivity index (χ4v) is 2.21. The molecule has 0 rings (SSSR count). The minimum atomic E-state index is -1.12. The Bertz CT molecular complexity index is 231. The molecule has 0 aromatic carbocycles. The van der Waals surface area contributed by atoms with Gasteiger partial charge in [0.05, 0.1) is 6.10 Å². The predicted molar refractivity (Wildman–Crippen MR) is 86.3 cm³/mol. The molecule has 0 aromatic rings. The van der Waals surface area contributed by atoms with Crippen LogP contribution in [0.25, 0.3) is 0 Å². The van der Waals surface area contributed by atoms with E-state index in [9.17, 15) is 0 Å². The smallest absolute Gasteiger partial charge is 0.307 e. The highest BCUT2D eigenvalue weighted by Gasteiger charge is 2.30. The average Bonchev–Trinajstić information content (AvgIpc) is 2.53. The lowest BCUT2D eigenvalue weighted by molar-refractivity contribution is -0.370. The molecule has 4 heteroatoms. The minimum Gasteiger partial charge on any atom is -0.366 e. The molecule has 0 aromatic heterocycles. The van der Waals surface area contributed by atoms with Crippen LogP contribution in [0.5, 0.6) is 0 Å². The molecule has 0 saturated heterocycles. The van der Waals surface area contributed by atoms with Crippen LogP contribution in [-0.4, -0.2) is 40.0 Å². The normalized spacial score (nSPS) is 13.3. The van der Waals surface area contributed by atoms with Gasteiger partial charge in [0.2, 0.25) is 0 Å². The van der Waals surface area contributed by atoms with Crippen molar-refractivity contribution < 1.29 is 18.9 Å². The lowest BCUT2D eigenvalue weighted by atomic mass is 10.1. The van der Waals surface area contributed by atoms with Crippen LogP contribution in [0.15, 0.2) is 12.7 Å². The van der Waals surface area contributed by atoms with Gasteiger partial charge < -0.3 is 18.9 Å². The van der Waals surface area contributed by atoms with Crippen molar-refractivity contribution in [2.45, 2.75) is 70.4 Å². The maximum Gasteiger partial charge on any atom is 0.307 e. The standard InChI is InChI=1S/C17H34O4/c1-6-8-9-10-11-12-13-14-16(7-2)21-15-17(18-3,19-4)20-5/h7,16H,2,6,8-15H2,1,3-5H3. The Kier molecular flexibility index (Phi) is 13.0. The summed E-state index contributed by atoms with van der Waals surface area (Å²) in [5, 5.41) is 0. The van der Waals surface area contributed by atoms with Gasteiger partial charge in [-0.2, -0.15) is 0 Å². The van der Waals surface area contributed by atoms with Gasteiger partial charge in [0.25, 0.3) is 0 Å². The highest BCUT2D eigenvalue weighted by molar-refractivity contribution is 4.80. The quantitative estimate of drug-likeness (QED) is 0.257. The fraction of sp³-hybridized carbons (Fsp3) is 0.882. The molecule has 0 aliphatic carbocycles. The maximum atomic E-state index is 5.78. The Hall–Kier alpha value is -0.420.